The molecule has 12 aromatic rings. The zero-order valence-electron chi connectivity index (χ0n) is 43.9. The number of para-hydroxylation sites is 2. The fourth-order valence-electron chi connectivity index (χ4n) is 8.06. The molecular weight excluding hydrogens is 685 g/mol. The third kappa shape index (κ3) is 4.52. The van der Waals surface area contributed by atoms with Crippen LogP contribution in [-0.4, -0.2) is 19.5 Å². The molecule has 5 heteroatoms. The Kier molecular flexibility index (Phi) is 4.18. The smallest absolute Gasteiger partial charge is 0.164 e. The highest BCUT2D eigenvalue weighted by Crippen LogP contribution is 2.49. The second kappa shape index (κ2) is 11.9. The average molecular weight is 730 g/mol. The van der Waals surface area contributed by atoms with Crippen molar-refractivity contribution in [3.63, 3.8) is 0 Å². The molecule has 5 nitrogen and oxygen atoms in total. The van der Waals surface area contributed by atoms with Crippen molar-refractivity contribution in [2.75, 3.05) is 0 Å². The average Bonchev–Trinajstić information content (AvgIpc) is 3.93. The van der Waals surface area contributed by atoms with Crippen LogP contribution in [0, 0.1) is 0 Å². The monoisotopic (exact) mass is 729 g/mol. The first-order valence-corrected chi connectivity index (χ1v) is 17.6. The molecule has 3 heterocycles. The van der Waals surface area contributed by atoms with Gasteiger partial charge in [0.05, 0.1) is 31.6 Å². The van der Waals surface area contributed by atoms with Crippen LogP contribution in [0.4, 0.5) is 0 Å². The number of rotatable bonds is 5. The Morgan fingerprint density at radius 3 is 1.71 bits per heavy atom. The van der Waals surface area contributed by atoms with E-state index >= 15 is 0 Å². The molecule has 0 atom stereocenters. The van der Waals surface area contributed by atoms with Crippen LogP contribution in [0.3, 0.4) is 0 Å². The van der Waals surface area contributed by atoms with Crippen LogP contribution >= 0.6 is 0 Å². The maximum atomic E-state index is 9.29. The van der Waals surface area contributed by atoms with Gasteiger partial charge < -0.3 is 8.98 Å². The minimum atomic E-state index is -0.690. The Labute approximate surface area is 342 Å². The van der Waals surface area contributed by atoms with Crippen LogP contribution in [0.2, 0.25) is 0 Å². The minimum absolute atomic E-state index is 0.151. The van der Waals surface area contributed by atoms with E-state index in [9.17, 15) is 2.74 Å². The van der Waals surface area contributed by atoms with Crippen LogP contribution < -0.4 is 0 Å². The summed E-state index contributed by atoms with van der Waals surface area (Å²) in [6.45, 7) is 0. The van der Waals surface area contributed by atoms with Crippen molar-refractivity contribution >= 4 is 65.3 Å². The van der Waals surface area contributed by atoms with E-state index in [1.165, 1.54) is 0 Å². The van der Waals surface area contributed by atoms with Gasteiger partial charge in [0, 0.05) is 49.3 Å². The van der Waals surface area contributed by atoms with E-state index in [1.807, 2.05) is 78.9 Å². The maximum absolute atomic E-state index is 9.29. The topological polar surface area (TPSA) is 56.7 Å². The van der Waals surface area contributed by atoms with E-state index in [2.05, 4.69) is 4.98 Å². The lowest BCUT2D eigenvalue weighted by molar-refractivity contribution is 0.669. The van der Waals surface area contributed by atoms with Gasteiger partial charge in [-0.3, -0.25) is 0 Å². The van der Waals surface area contributed by atoms with E-state index in [-0.39, 0.29) is 17.1 Å². The van der Waals surface area contributed by atoms with Crippen LogP contribution in [0.1, 0.15) is 20.6 Å². The molecule has 0 saturated heterocycles. The normalized spacial score (nSPS) is 15.7. The Morgan fingerprint density at radius 1 is 0.411 bits per heavy atom. The second-order valence-electron chi connectivity index (χ2n) is 13.2. The zero-order chi connectivity index (χ0) is 49.8. The highest BCUT2D eigenvalue weighted by molar-refractivity contribution is 6.37. The van der Waals surface area contributed by atoms with E-state index in [4.69, 9.17) is 32.2 Å². The Hall–Kier alpha value is -7.63. The number of furan rings is 1. The van der Waals surface area contributed by atoms with Crippen LogP contribution in [-0.2, 0) is 0 Å². The molecule has 3 aromatic heterocycles. The largest absolute Gasteiger partial charge is 0.456 e. The summed E-state index contributed by atoms with van der Waals surface area (Å²) in [4.78, 5) is 13.9. The van der Waals surface area contributed by atoms with Gasteiger partial charge in [-0.15, -0.1) is 0 Å². The summed E-state index contributed by atoms with van der Waals surface area (Å²) >= 11 is 0. The molecule has 0 spiro atoms. The number of benzene rings is 9. The van der Waals surface area contributed by atoms with Crippen molar-refractivity contribution in [1.82, 2.24) is 19.5 Å². The molecule has 0 unspecified atom stereocenters. The fourth-order valence-corrected chi connectivity index (χ4v) is 8.06. The molecule has 0 bridgehead atoms. The minimum Gasteiger partial charge on any atom is -0.456 e. The first-order chi connectivity index (χ1) is 34.0. The van der Waals surface area contributed by atoms with Gasteiger partial charge in [-0.2, -0.15) is 0 Å². The first-order valence-electron chi connectivity index (χ1n) is 25.1. The summed E-state index contributed by atoms with van der Waals surface area (Å²) in [7, 11) is 0. The molecule has 0 aliphatic heterocycles. The third-order valence-corrected chi connectivity index (χ3v) is 10.3. The van der Waals surface area contributed by atoms with Crippen molar-refractivity contribution in [2.45, 2.75) is 0 Å². The molecule has 56 heavy (non-hydrogen) atoms. The lowest BCUT2D eigenvalue weighted by Gasteiger charge is -2.15. The molecule has 0 saturated carbocycles. The first kappa shape index (κ1) is 19.6. The highest BCUT2D eigenvalue weighted by Gasteiger charge is 2.25. The van der Waals surface area contributed by atoms with Gasteiger partial charge in [0.1, 0.15) is 11.2 Å². The summed E-state index contributed by atoms with van der Waals surface area (Å²) in [5.41, 5.74) is 3.09. The van der Waals surface area contributed by atoms with E-state index < -0.39 is 113 Å². The Morgan fingerprint density at radius 2 is 1.00 bits per heavy atom. The summed E-state index contributed by atoms with van der Waals surface area (Å²) in [6, 6.07) is 19.1. The number of hydrogen-bond donors (Lipinski definition) is 0. The molecule has 0 N–H and O–H groups in total. The van der Waals surface area contributed by atoms with Gasteiger partial charge >= 0.3 is 0 Å². The molecule has 0 aliphatic rings. The molecule has 0 amide bonds. The van der Waals surface area contributed by atoms with E-state index in [1.54, 1.807) is 16.7 Å². The Bertz CT molecular complexity index is 4200. The maximum Gasteiger partial charge on any atom is 0.164 e. The summed E-state index contributed by atoms with van der Waals surface area (Å²) in [5.74, 6) is -1.12. The van der Waals surface area contributed by atoms with Crippen LogP contribution in [0.15, 0.2) is 186 Å². The number of aromatic nitrogens is 4. The molecule has 12 rings (SSSR count). The predicted molar refractivity (Wildman–Crippen MR) is 229 cm³/mol. The van der Waals surface area contributed by atoms with Crippen molar-refractivity contribution in [3.8, 4) is 51.0 Å². The number of hydrogen-bond acceptors (Lipinski definition) is 4. The lowest BCUT2D eigenvalue weighted by Crippen LogP contribution is -2.00. The summed E-state index contributed by atoms with van der Waals surface area (Å²) < 4.78 is 138. The SMILES string of the molecule is [2H]c1c([2H])c([2H])c(-c2nc(-c3cc4c5ccccc5c5c(-c6cccc7oc8ccccc8c67)ccc6c5c4c(c3)n6-c3c([2H])c([2H])c([2H])c([2H])c3[2H])nc(-c3c([2H])c([2H])c([2H])c([2H])c3[2H])n2)c([2H])c1[2H]. The highest BCUT2D eigenvalue weighted by atomic mass is 16.3. The van der Waals surface area contributed by atoms with Crippen molar-refractivity contribution in [3.05, 3.63) is 182 Å². The number of fused-ring (bicyclic) bond motifs is 6. The van der Waals surface area contributed by atoms with Gasteiger partial charge in [-0.1, -0.05) is 139 Å². The summed E-state index contributed by atoms with van der Waals surface area (Å²) in [5, 5.41) is 6.07. The Balaban J connectivity index is 1.26. The van der Waals surface area contributed by atoms with Crippen LogP contribution in [0.25, 0.3) is 116 Å². The molecule has 0 radical (unpaired) electrons. The van der Waals surface area contributed by atoms with Gasteiger partial charge in [-0.25, -0.2) is 15.0 Å². The van der Waals surface area contributed by atoms with Crippen molar-refractivity contribution in [1.29, 1.82) is 0 Å². The van der Waals surface area contributed by atoms with Crippen molar-refractivity contribution < 1.29 is 25.0 Å². The molecule has 0 fully saturated rings. The quantitative estimate of drug-likeness (QED) is 0.166. The summed E-state index contributed by atoms with van der Waals surface area (Å²) in [6.07, 6.45) is 0. The van der Waals surface area contributed by atoms with Gasteiger partial charge in [0.25, 0.3) is 0 Å². The lowest BCUT2D eigenvalue weighted by atomic mass is 9.88. The zero-order valence-corrected chi connectivity index (χ0v) is 28.9. The predicted octanol–water partition coefficient (Wildman–Crippen LogP) is 13.3. The van der Waals surface area contributed by atoms with Crippen molar-refractivity contribution in [2.24, 2.45) is 0 Å². The third-order valence-electron chi connectivity index (χ3n) is 10.3. The van der Waals surface area contributed by atoms with Gasteiger partial charge in [0.2, 0.25) is 0 Å². The van der Waals surface area contributed by atoms with E-state index in [0.717, 1.165) is 38.1 Å². The van der Waals surface area contributed by atoms with Gasteiger partial charge in [0.15, 0.2) is 17.5 Å². The fraction of sp³-hybridized carbons (Fsp3) is 0. The van der Waals surface area contributed by atoms with E-state index in [0.29, 0.717) is 38.4 Å². The second-order valence-corrected chi connectivity index (χ2v) is 13.2. The standard InChI is InChI=1S/C51H30N4O/c1-4-15-31(16-5-1)49-52-50(32-17-6-2-7-18-32)54-51(53-49)33-29-40-35-21-10-11-22-36(35)46-38(37-24-14-26-44-45(37)39-23-12-13-25-43(39)56-44)27-28-41-48(46)47(40)42(30-33)55(41)34-19-8-3-9-20-34/h1-30H/i1D,2D,3D,4D,5D,6D,7D,8D,9D,15D,16D,17D,18D,19D,20D. The molecule has 0 aliphatic carbocycles. The molecular formula is C51H30N4O. The van der Waals surface area contributed by atoms with Crippen LogP contribution in [0.5, 0.6) is 0 Å². The molecule has 9 aromatic carbocycles. The number of nitrogens with zero attached hydrogens (tertiary/aromatic N) is 4. The molecule has 260 valence electrons. The van der Waals surface area contributed by atoms with Gasteiger partial charge in [-0.05, 0) is 69.7 Å².